The van der Waals surface area contributed by atoms with Gasteiger partial charge in [-0.05, 0) is 89.2 Å². The Morgan fingerprint density at radius 1 is 0.788 bits per heavy atom. The van der Waals surface area contributed by atoms with Crippen LogP contribution in [0.15, 0.2) is 95.9 Å². The number of rotatable bonds is 11. The number of unbranched alkanes of at least 4 members (excludes halogenated alkanes) is 1. The van der Waals surface area contributed by atoms with Crippen LogP contribution in [0.2, 0.25) is 0 Å². The molecule has 2 aliphatic heterocycles. The molecule has 0 aromatic heterocycles. The Bertz CT molecular complexity index is 2070. The summed E-state index contributed by atoms with van der Waals surface area (Å²) >= 11 is 1.81. The summed E-state index contributed by atoms with van der Waals surface area (Å²) in [4.78, 5) is 3.77. The van der Waals surface area contributed by atoms with Crippen LogP contribution >= 0.6 is 11.8 Å². The summed E-state index contributed by atoms with van der Waals surface area (Å²) in [6.07, 6.45) is 12.5. The highest BCUT2D eigenvalue weighted by Crippen LogP contribution is 2.61. The number of methoxy groups -OCH3 is 2. The Morgan fingerprint density at radius 3 is 2.08 bits per heavy atom. The molecule has 2 heterocycles. The number of hydrogen-bond donors (Lipinski definition) is 0. The second kappa shape index (κ2) is 14.2. The van der Waals surface area contributed by atoms with E-state index in [1.54, 1.807) is 14.2 Å². The zero-order valence-corrected chi connectivity index (χ0v) is 31.9. The summed E-state index contributed by atoms with van der Waals surface area (Å²) in [5, 5.41) is 2.42. The van der Waals surface area contributed by atoms with Crippen molar-refractivity contribution >= 4 is 34.3 Å². The van der Waals surface area contributed by atoms with Gasteiger partial charge in [-0.3, -0.25) is 0 Å². The number of ether oxygens (including phenoxy) is 4. The summed E-state index contributed by atoms with van der Waals surface area (Å²) in [6.45, 7) is 7.92. The molecule has 5 aromatic rings. The van der Waals surface area contributed by atoms with Crippen molar-refractivity contribution in [2.45, 2.75) is 61.9 Å². The van der Waals surface area contributed by atoms with Gasteiger partial charge in [0.25, 0.3) is 0 Å². The van der Waals surface area contributed by atoms with Crippen molar-refractivity contribution in [3.8, 4) is 28.4 Å². The number of fused-ring (bicyclic) bond motifs is 8. The van der Waals surface area contributed by atoms with E-state index in [1.807, 2.05) is 36.0 Å². The minimum Gasteiger partial charge on any atom is -0.497 e. The quantitative estimate of drug-likeness (QED) is 0.127. The lowest BCUT2D eigenvalue weighted by Gasteiger charge is -2.40. The zero-order valence-electron chi connectivity index (χ0n) is 31.1. The summed E-state index contributed by atoms with van der Waals surface area (Å²) in [7, 11) is 3.42. The van der Waals surface area contributed by atoms with E-state index >= 15 is 0 Å². The monoisotopic (exact) mass is 711 g/mol. The lowest BCUT2D eigenvalue weighted by molar-refractivity contribution is 0.122. The smallest absolute Gasteiger partial charge is 0.178 e. The highest BCUT2D eigenvalue weighted by atomic mass is 32.2. The molecule has 1 unspecified atom stereocenters. The second-order valence-electron chi connectivity index (χ2n) is 14.3. The molecule has 0 spiro atoms. The lowest BCUT2D eigenvalue weighted by atomic mass is 9.69. The van der Waals surface area contributed by atoms with E-state index in [1.165, 1.54) is 43.8 Å². The van der Waals surface area contributed by atoms with E-state index in [0.29, 0.717) is 0 Å². The molecule has 0 radical (unpaired) electrons. The standard InChI is InChI=1S/C46H49NO4S/c1-6-8-23-45(22-7-2)39-12-10-9-11-35(39)42-37-29-40(47-25-27-50-28-26-47)41(52-5)30-38(37)44-36(43(42)45)21-24-46(51-44,31-13-17-33(48-3)18-14-31)32-15-19-34(49-4)20-16-32/h9-21,24,29-30H,6-8,22-23,25-28H2,1-5H3. The third-order valence-corrected chi connectivity index (χ3v) is 12.3. The van der Waals surface area contributed by atoms with Gasteiger partial charge in [-0.15, -0.1) is 11.8 Å². The van der Waals surface area contributed by atoms with Crippen molar-refractivity contribution in [1.82, 2.24) is 0 Å². The molecule has 52 heavy (non-hydrogen) atoms. The number of thioether (sulfide) groups is 1. The second-order valence-corrected chi connectivity index (χ2v) is 15.1. The van der Waals surface area contributed by atoms with Gasteiger partial charge in [-0.25, -0.2) is 0 Å². The molecule has 0 saturated carbocycles. The predicted octanol–water partition coefficient (Wildman–Crippen LogP) is 11.0. The van der Waals surface area contributed by atoms with Crippen LogP contribution in [0.1, 0.15) is 73.8 Å². The van der Waals surface area contributed by atoms with Crippen molar-refractivity contribution < 1.29 is 18.9 Å². The fourth-order valence-electron chi connectivity index (χ4n) is 9.10. The average molecular weight is 712 g/mol. The predicted molar refractivity (Wildman–Crippen MR) is 216 cm³/mol. The molecule has 1 fully saturated rings. The first kappa shape index (κ1) is 34.7. The topological polar surface area (TPSA) is 40.2 Å². The van der Waals surface area contributed by atoms with Crippen LogP contribution in [0.3, 0.4) is 0 Å². The van der Waals surface area contributed by atoms with E-state index in [0.717, 1.165) is 92.2 Å². The minimum absolute atomic E-state index is 0.111. The Labute approximate surface area is 312 Å². The van der Waals surface area contributed by atoms with E-state index in [9.17, 15) is 0 Å². The van der Waals surface area contributed by atoms with Gasteiger partial charge in [0.1, 0.15) is 17.2 Å². The average Bonchev–Trinajstić information content (AvgIpc) is 3.50. The molecular formula is C46H49NO4S. The van der Waals surface area contributed by atoms with Crippen LogP contribution in [-0.2, 0) is 15.8 Å². The van der Waals surface area contributed by atoms with Crippen LogP contribution in [-0.4, -0.2) is 46.8 Å². The highest BCUT2D eigenvalue weighted by Gasteiger charge is 2.48. The number of nitrogens with zero attached hydrogens (tertiary/aromatic N) is 1. The fraction of sp³-hybridized carbons (Fsp3) is 0.348. The maximum Gasteiger partial charge on any atom is 0.178 e. The molecule has 5 nitrogen and oxygen atoms in total. The summed E-state index contributed by atoms with van der Waals surface area (Å²) < 4.78 is 24.7. The van der Waals surface area contributed by atoms with Crippen LogP contribution in [0.25, 0.3) is 28.0 Å². The van der Waals surface area contributed by atoms with Crippen molar-refractivity contribution in [2.75, 3.05) is 51.7 Å². The van der Waals surface area contributed by atoms with Crippen LogP contribution in [0, 0.1) is 0 Å². The van der Waals surface area contributed by atoms with Crippen LogP contribution < -0.4 is 19.1 Å². The lowest BCUT2D eigenvalue weighted by Crippen LogP contribution is -2.36. The minimum atomic E-state index is -0.878. The van der Waals surface area contributed by atoms with Gasteiger partial charge in [0.15, 0.2) is 5.60 Å². The van der Waals surface area contributed by atoms with Gasteiger partial charge in [-0.1, -0.05) is 87.7 Å². The Kier molecular flexibility index (Phi) is 9.48. The SMILES string of the molecule is CCCCC1(CCC)c2ccccc2-c2c1c1c(c3cc(SC)c(N4CCOCC4)cc23)OC(c2ccc(OC)cc2)(c2ccc(OC)cc2)C=C1. The maximum absolute atomic E-state index is 7.73. The number of benzene rings is 5. The first-order chi connectivity index (χ1) is 25.5. The molecule has 5 aromatic carbocycles. The summed E-state index contributed by atoms with van der Waals surface area (Å²) in [6, 6.07) is 30.8. The van der Waals surface area contributed by atoms with Crippen LogP contribution in [0.5, 0.6) is 17.2 Å². The molecule has 3 aliphatic rings. The molecule has 0 N–H and O–H groups in total. The molecular weight excluding hydrogens is 663 g/mol. The molecule has 1 aliphatic carbocycles. The molecule has 1 atom stereocenters. The van der Waals surface area contributed by atoms with Crippen LogP contribution in [0.4, 0.5) is 5.69 Å². The van der Waals surface area contributed by atoms with E-state index in [4.69, 9.17) is 18.9 Å². The first-order valence-corrected chi connectivity index (χ1v) is 20.1. The number of morpholine rings is 1. The molecule has 268 valence electrons. The number of hydrogen-bond acceptors (Lipinski definition) is 6. The van der Waals surface area contributed by atoms with Crippen molar-refractivity contribution in [1.29, 1.82) is 0 Å². The highest BCUT2D eigenvalue weighted by molar-refractivity contribution is 7.98. The van der Waals surface area contributed by atoms with Gasteiger partial charge in [0, 0.05) is 45.5 Å². The Balaban J connectivity index is 1.47. The molecule has 0 amide bonds. The van der Waals surface area contributed by atoms with E-state index in [-0.39, 0.29) is 5.41 Å². The fourth-order valence-corrected chi connectivity index (χ4v) is 9.74. The van der Waals surface area contributed by atoms with Gasteiger partial charge >= 0.3 is 0 Å². The molecule has 8 rings (SSSR count). The Hall–Kier alpha value is -4.39. The zero-order chi connectivity index (χ0) is 35.9. The van der Waals surface area contributed by atoms with Gasteiger partial charge < -0.3 is 23.8 Å². The van der Waals surface area contributed by atoms with Gasteiger partial charge in [-0.2, -0.15) is 0 Å². The van der Waals surface area contributed by atoms with Gasteiger partial charge in [0.05, 0.1) is 33.1 Å². The van der Waals surface area contributed by atoms with E-state index in [2.05, 4.69) is 97.8 Å². The van der Waals surface area contributed by atoms with Crippen molar-refractivity contribution in [3.05, 3.63) is 119 Å². The van der Waals surface area contributed by atoms with Crippen molar-refractivity contribution in [2.24, 2.45) is 0 Å². The maximum atomic E-state index is 7.73. The first-order valence-electron chi connectivity index (χ1n) is 18.8. The number of anilines is 1. The summed E-state index contributed by atoms with van der Waals surface area (Å²) in [5.74, 6) is 2.59. The van der Waals surface area contributed by atoms with Crippen molar-refractivity contribution in [3.63, 3.8) is 0 Å². The molecule has 0 bridgehead atoms. The van der Waals surface area contributed by atoms with Gasteiger partial charge in [0.2, 0.25) is 0 Å². The summed E-state index contributed by atoms with van der Waals surface area (Å²) in [5.41, 5.74) is 9.24. The molecule has 6 heteroatoms. The normalized spacial score (nSPS) is 18.4. The third kappa shape index (κ3) is 5.49. The third-order valence-electron chi connectivity index (χ3n) is 11.6. The Morgan fingerprint density at radius 2 is 1.46 bits per heavy atom. The molecule has 1 saturated heterocycles. The largest absolute Gasteiger partial charge is 0.497 e. The van der Waals surface area contributed by atoms with E-state index < -0.39 is 5.60 Å².